The predicted molar refractivity (Wildman–Crippen MR) is 30.8 cm³/mol. The molecule has 0 bridgehead atoms. The standard InChI is InChI=1S/C4H8N2O4.Co/c5-1-2-6-10-4(9)3(7)8;/h6H,1-2,5H2,(H,7,8);. The van der Waals surface area contributed by atoms with Crippen LogP contribution < -0.4 is 11.2 Å². The molecule has 0 aliphatic carbocycles. The molecule has 1 radical (unpaired) electrons. The van der Waals surface area contributed by atoms with Crippen molar-refractivity contribution in [1.82, 2.24) is 5.48 Å². The Morgan fingerprint density at radius 2 is 2.09 bits per heavy atom. The van der Waals surface area contributed by atoms with Crippen molar-refractivity contribution in [2.45, 2.75) is 0 Å². The second kappa shape index (κ2) is 7.47. The number of hydrogen-bond donors (Lipinski definition) is 3. The fourth-order valence-corrected chi connectivity index (χ4v) is 0.219. The van der Waals surface area contributed by atoms with Crippen LogP contribution in [0.25, 0.3) is 0 Å². The van der Waals surface area contributed by atoms with Crippen molar-refractivity contribution in [3.05, 3.63) is 0 Å². The van der Waals surface area contributed by atoms with E-state index in [2.05, 4.69) is 10.3 Å². The third-order valence-corrected chi connectivity index (χ3v) is 0.586. The molecule has 0 heterocycles. The van der Waals surface area contributed by atoms with Crippen LogP contribution in [0.1, 0.15) is 0 Å². The topological polar surface area (TPSA) is 102 Å². The molecule has 6 nitrogen and oxygen atoms in total. The molecular formula is C4H8CoN2O4. The maximum atomic E-state index is 10.1. The first-order valence-electron chi connectivity index (χ1n) is 2.55. The molecule has 0 rings (SSSR count). The number of carbonyl (C=O) groups is 2. The maximum absolute atomic E-state index is 10.1. The van der Waals surface area contributed by atoms with Gasteiger partial charge in [0.1, 0.15) is 0 Å². The number of rotatable bonds is 3. The van der Waals surface area contributed by atoms with Gasteiger partial charge in [-0.2, -0.15) is 5.48 Å². The van der Waals surface area contributed by atoms with Crippen LogP contribution in [0, 0.1) is 0 Å². The van der Waals surface area contributed by atoms with Crippen molar-refractivity contribution in [3.63, 3.8) is 0 Å². The smallest absolute Gasteiger partial charge is 0.435 e. The van der Waals surface area contributed by atoms with Crippen molar-refractivity contribution < 1.29 is 36.3 Å². The van der Waals surface area contributed by atoms with Crippen LogP contribution in [-0.4, -0.2) is 30.1 Å². The van der Waals surface area contributed by atoms with Crippen molar-refractivity contribution in [3.8, 4) is 0 Å². The van der Waals surface area contributed by atoms with E-state index in [0.29, 0.717) is 0 Å². The number of hydrogen-bond acceptors (Lipinski definition) is 5. The third kappa shape index (κ3) is 7.26. The van der Waals surface area contributed by atoms with Crippen LogP contribution in [0.15, 0.2) is 0 Å². The quantitative estimate of drug-likeness (QED) is 0.283. The van der Waals surface area contributed by atoms with E-state index < -0.39 is 11.9 Å². The minimum absolute atomic E-state index is 0. The molecule has 0 spiro atoms. The van der Waals surface area contributed by atoms with Crippen molar-refractivity contribution in [2.24, 2.45) is 5.73 Å². The first-order chi connectivity index (χ1) is 4.68. The van der Waals surface area contributed by atoms with Gasteiger partial charge in [-0.1, -0.05) is 0 Å². The van der Waals surface area contributed by atoms with Gasteiger partial charge in [-0.15, -0.1) is 0 Å². The monoisotopic (exact) mass is 207 g/mol. The van der Waals surface area contributed by atoms with Gasteiger partial charge in [0.15, 0.2) is 0 Å². The van der Waals surface area contributed by atoms with Crippen molar-refractivity contribution >= 4 is 11.9 Å². The summed E-state index contributed by atoms with van der Waals surface area (Å²) in [6.07, 6.45) is 0. The Morgan fingerprint density at radius 3 is 2.45 bits per heavy atom. The van der Waals surface area contributed by atoms with Crippen LogP contribution >= 0.6 is 0 Å². The Labute approximate surface area is 73.2 Å². The van der Waals surface area contributed by atoms with Crippen molar-refractivity contribution in [2.75, 3.05) is 13.1 Å². The summed E-state index contributed by atoms with van der Waals surface area (Å²) in [4.78, 5) is 23.8. The number of hydroxylamine groups is 1. The van der Waals surface area contributed by atoms with Gasteiger partial charge in [-0.05, 0) is 0 Å². The van der Waals surface area contributed by atoms with Crippen LogP contribution in [-0.2, 0) is 31.2 Å². The number of carbonyl (C=O) groups excluding carboxylic acids is 1. The number of nitrogens with two attached hydrogens (primary N) is 1. The van der Waals surface area contributed by atoms with Gasteiger partial charge in [0, 0.05) is 29.9 Å². The Morgan fingerprint density at radius 1 is 1.55 bits per heavy atom. The van der Waals surface area contributed by atoms with E-state index in [9.17, 15) is 9.59 Å². The van der Waals surface area contributed by atoms with Crippen LogP contribution in [0.4, 0.5) is 0 Å². The summed E-state index contributed by atoms with van der Waals surface area (Å²) < 4.78 is 0. The van der Waals surface area contributed by atoms with Gasteiger partial charge in [0.05, 0.1) is 0 Å². The minimum Gasteiger partial charge on any atom is -0.473 e. The molecule has 0 aromatic heterocycles. The molecule has 0 fully saturated rings. The summed E-state index contributed by atoms with van der Waals surface area (Å²) in [6, 6.07) is 0. The summed E-state index contributed by atoms with van der Waals surface area (Å²) in [5, 5.41) is 7.94. The summed E-state index contributed by atoms with van der Waals surface area (Å²) in [5.74, 6) is -2.97. The first kappa shape index (κ1) is 13.0. The van der Waals surface area contributed by atoms with E-state index in [1.54, 1.807) is 0 Å². The predicted octanol–water partition coefficient (Wildman–Crippen LogP) is -1.92. The Bertz CT molecular complexity index is 140. The second-order valence-electron chi connectivity index (χ2n) is 1.38. The molecule has 0 saturated heterocycles. The summed E-state index contributed by atoms with van der Waals surface area (Å²) in [5.41, 5.74) is 7.05. The summed E-state index contributed by atoms with van der Waals surface area (Å²) in [7, 11) is 0. The molecule has 11 heavy (non-hydrogen) atoms. The zero-order valence-corrected chi connectivity index (χ0v) is 6.54. The zero-order valence-electron chi connectivity index (χ0n) is 5.50. The van der Waals surface area contributed by atoms with E-state index in [1.807, 2.05) is 0 Å². The Hall–Kier alpha value is -0.634. The normalized spacial score (nSPS) is 8.09. The SMILES string of the molecule is NCCNOC(=O)C(=O)O.[Co]. The fraction of sp³-hybridized carbons (Fsp3) is 0.500. The first-order valence-corrected chi connectivity index (χ1v) is 2.55. The summed E-state index contributed by atoms with van der Waals surface area (Å²) in [6.45, 7) is 0.506. The molecule has 0 atom stereocenters. The number of aliphatic carboxylic acids is 1. The molecule has 7 heteroatoms. The van der Waals surface area contributed by atoms with Gasteiger partial charge in [-0.3, -0.25) is 0 Å². The minimum atomic E-state index is -1.63. The number of carboxylic acid groups (broad SMARTS) is 1. The van der Waals surface area contributed by atoms with Crippen molar-refractivity contribution in [1.29, 1.82) is 0 Å². The zero-order chi connectivity index (χ0) is 7.98. The van der Waals surface area contributed by atoms with Gasteiger partial charge >= 0.3 is 11.9 Å². The van der Waals surface area contributed by atoms with Gasteiger partial charge in [-0.25, -0.2) is 9.59 Å². The Kier molecular flexibility index (Phi) is 8.83. The molecule has 0 aromatic carbocycles. The fourth-order valence-electron chi connectivity index (χ4n) is 0.219. The third-order valence-electron chi connectivity index (χ3n) is 0.586. The molecular weight excluding hydrogens is 199 g/mol. The van der Waals surface area contributed by atoms with Gasteiger partial charge in [0.2, 0.25) is 0 Å². The van der Waals surface area contributed by atoms with Crippen LogP contribution in [0.3, 0.4) is 0 Å². The van der Waals surface area contributed by atoms with Gasteiger partial charge in [0.25, 0.3) is 0 Å². The molecule has 4 N–H and O–H groups in total. The maximum Gasteiger partial charge on any atom is 0.435 e. The van der Waals surface area contributed by atoms with E-state index in [0.717, 1.165) is 0 Å². The van der Waals surface area contributed by atoms with Crippen LogP contribution in [0.5, 0.6) is 0 Å². The second-order valence-corrected chi connectivity index (χ2v) is 1.38. The molecule has 0 aliphatic rings. The molecule has 0 saturated carbocycles. The molecule has 0 aromatic rings. The van der Waals surface area contributed by atoms with Gasteiger partial charge < -0.3 is 15.7 Å². The number of nitrogens with one attached hydrogen (secondary N) is 1. The number of carboxylic acids is 1. The average molecular weight is 207 g/mol. The van der Waals surface area contributed by atoms with E-state index in [1.165, 1.54) is 0 Å². The molecule has 0 aliphatic heterocycles. The van der Waals surface area contributed by atoms with E-state index in [-0.39, 0.29) is 29.9 Å². The van der Waals surface area contributed by atoms with E-state index >= 15 is 0 Å². The average Bonchev–Trinajstić information content (AvgIpc) is 1.88. The summed E-state index contributed by atoms with van der Waals surface area (Å²) >= 11 is 0. The molecule has 67 valence electrons. The van der Waals surface area contributed by atoms with E-state index in [4.69, 9.17) is 10.8 Å². The van der Waals surface area contributed by atoms with Crippen LogP contribution in [0.2, 0.25) is 0 Å². The Balaban J connectivity index is 0. The molecule has 0 amide bonds. The molecule has 0 unspecified atom stereocenters. The largest absolute Gasteiger partial charge is 0.473 e.